The van der Waals surface area contributed by atoms with Crippen molar-refractivity contribution in [1.29, 1.82) is 0 Å². The molecule has 100 valence electrons. The lowest BCUT2D eigenvalue weighted by Gasteiger charge is -2.56. The Morgan fingerprint density at radius 1 is 1.33 bits per heavy atom. The molecule has 1 saturated carbocycles. The molecule has 2 atom stereocenters. The van der Waals surface area contributed by atoms with Gasteiger partial charge in [-0.1, -0.05) is 26.0 Å². The standard InChI is InChI=1S/C16H24FN/c1-5-16(6-2)13(10-15(16)18-4)12-8-7-11(3)14(17)9-12/h7-9,13,15,18H,5-6,10H2,1-4H3. The molecule has 0 aliphatic heterocycles. The lowest BCUT2D eigenvalue weighted by Crippen LogP contribution is -2.57. The summed E-state index contributed by atoms with van der Waals surface area (Å²) in [7, 11) is 2.04. The largest absolute Gasteiger partial charge is 0.316 e. The van der Waals surface area contributed by atoms with Crippen molar-refractivity contribution in [2.24, 2.45) is 5.41 Å². The third kappa shape index (κ3) is 1.87. The predicted molar refractivity (Wildman–Crippen MR) is 74.4 cm³/mol. The highest BCUT2D eigenvalue weighted by atomic mass is 19.1. The van der Waals surface area contributed by atoms with Gasteiger partial charge in [-0.2, -0.15) is 0 Å². The van der Waals surface area contributed by atoms with E-state index in [4.69, 9.17) is 0 Å². The number of rotatable bonds is 4. The number of hydrogen-bond donors (Lipinski definition) is 1. The minimum absolute atomic E-state index is 0.0680. The average molecular weight is 249 g/mol. The smallest absolute Gasteiger partial charge is 0.126 e. The van der Waals surface area contributed by atoms with Crippen LogP contribution in [0, 0.1) is 18.2 Å². The molecular formula is C16H24FN. The zero-order valence-electron chi connectivity index (χ0n) is 11.9. The number of benzene rings is 1. The molecule has 18 heavy (non-hydrogen) atoms. The Hall–Kier alpha value is -0.890. The van der Waals surface area contributed by atoms with Crippen molar-refractivity contribution in [2.45, 2.75) is 52.0 Å². The number of halogens is 1. The SMILES string of the molecule is CCC1(CC)C(NC)CC1c1ccc(C)c(F)c1. The molecule has 2 unspecified atom stereocenters. The first kappa shape index (κ1) is 13.5. The maximum Gasteiger partial charge on any atom is 0.126 e. The van der Waals surface area contributed by atoms with Crippen molar-refractivity contribution in [2.75, 3.05) is 7.05 Å². The van der Waals surface area contributed by atoms with E-state index in [-0.39, 0.29) is 5.82 Å². The first-order valence-corrected chi connectivity index (χ1v) is 7.02. The highest BCUT2D eigenvalue weighted by Gasteiger charge is 2.52. The van der Waals surface area contributed by atoms with Crippen molar-refractivity contribution in [3.8, 4) is 0 Å². The monoisotopic (exact) mass is 249 g/mol. The second-order valence-corrected chi connectivity index (χ2v) is 5.58. The van der Waals surface area contributed by atoms with Gasteiger partial charge in [0.15, 0.2) is 0 Å². The molecule has 1 N–H and O–H groups in total. The summed E-state index contributed by atoms with van der Waals surface area (Å²) in [5.41, 5.74) is 2.21. The molecule has 0 saturated heterocycles. The van der Waals surface area contributed by atoms with Crippen LogP contribution in [0.25, 0.3) is 0 Å². The molecule has 1 aliphatic rings. The lowest BCUT2D eigenvalue weighted by atomic mass is 9.52. The summed E-state index contributed by atoms with van der Waals surface area (Å²) >= 11 is 0. The Labute approximate surface area is 110 Å². The van der Waals surface area contributed by atoms with Gasteiger partial charge in [-0.25, -0.2) is 4.39 Å². The molecule has 1 nitrogen and oxygen atoms in total. The van der Waals surface area contributed by atoms with Crippen LogP contribution in [0.5, 0.6) is 0 Å². The molecule has 1 aliphatic carbocycles. The molecule has 0 radical (unpaired) electrons. The zero-order valence-corrected chi connectivity index (χ0v) is 11.9. The minimum atomic E-state index is -0.0680. The Morgan fingerprint density at radius 3 is 2.50 bits per heavy atom. The van der Waals surface area contributed by atoms with Crippen molar-refractivity contribution in [3.63, 3.8) is 0 Å². The van der Waals surface area contributed by atoms with Crippen LogP contribution in [-0.4, -0.2) is 13.1 Å². The summed E-state index contributed by atoms with van der Waals surface area (Å²) in [5, 5.41) is 3.43. The number of hydrogen-bond acceptors (Lipinski definition) is 1. The minimum Gasteiger partial charge on any atom is -0.316 e. The summed E-state index contributed by atoms with van der Waals surface area (Å²) in [6.07, 6.45) is 3.42. The summed E-state index contributed by atoms with van der Waals surface area (Å²) in [4.78, 5) is 0. The Balaban J connectivity index is 2.31. The van der Waals surface area contributed by atoms with Crippen LogP contribution in [0.3, 0.4) is 0 Å². The Bertz CT molecular complexity index is 423. The van der Waals surface area contributed by atoms with E-state index < -0.39 is 0 Å². The molecule has 2 rings (SSSR count). The second-order valence-electron chi connectivity index (χ2n) is 5.58. The molecule has 0 heterocycles. The summed E-state index contributed by atoms with van der Waals surface area (Å²) < 4.78 is 13.7. The molecule has 0 amide bonds. The van der Waals surface area contributed by atoms with E-state index in [1.807, 2.05) is 20.0 Å². The van der Waals surface area contributed by atoms with Crippen LogP contribution in [0.15, 0.2) is 18.2 Å². The summed E-state index contributed by atoms with van der Waals surface area (Å²) in [6.45, 7) is 6.33. The molecule has 0 aromatic heterocycles. The first-order chi connectivity index (χ1) is 8.58. The van der Waals surface area contributed by atoms with E-state index in [9.17, 15) is 4.39 Å². The fraction of sp³-hybridized carbons (Fsp3) is 0.625. The van der Waals surface area contributed by atoms with Gasteiger partial charge in [-0.3, -0.25) is 0 Å². The topological polar surface area (TPSA) is 12.0 Å². The van der Waals surface area contributed by atoms with Crippen LogP contribution >= 0.6 is 0 Å². The van der Waals surface area contributed by atoms with Gasteiger partial charge >= 0.3 is 0 Å². The summed E-state index contributed by atoms with van der Waals surface area (Å²) in [5.74, 6) is 0.432. The van der Waals surface area contributed by atoms with Crippen molar-refractivity contribution < 1.29 is 4.39 Å². The van der Waals surface area contributed by atoms with Crippen LogP contribution < -0.4 is 5.32 Å². The lowest BCUT2D eigenvalue weighted by molar-refractivity contribution is 0.0244. The van der Waals surface area contributed by atoms with Crippen LogP contribution in [-0.2, 0) is 0 Å². The van der Waals surface area contributed by atoms with Gasteiger partial charge in [0.2, 0.25) is 0 Å². The first-order valence-electron chi connectivity index (χ1n) is 7.02. The van der Waals surface area contributed by atoms with Gasteiger partial charge in [-0.05, 0) is 61.8 Å². The predicted octanol–water partition coefficient (Wildman–Crippen LogP) is 4.02. The third-order valence-corrected chi connectivity index (χ3v) is 5.12. The van der Waals surface area contributed by atoms with E-state index in [0.717, 1.165) is 24.8 Å². The molecule has 1 aromatic rings. The molecule has 0 bridgehead atoms. The number of aryl methyl sites for hydroxylation is 1. The van der Waals surface area contributed by atoms with Crippen LogP contribution in [0.1, 0.15) is 50.2 Å². The van der Waals surface area contributed by atoms with E-state index >= 15 is 0 Å². The average Bonchev–Trinajstić information content (AvgIpc) is 2.35. The van der Waals surface area contributed by atoms with Crippen LogP contribution in [0.4, 0.5) is 4.39 Å². The fourth-order valence-corrected chi connectivity index (χ4v) is 3.72. The van der Waals surface area contributed by atoms with E-state index in [1.165, 1.54) is 5.56 Å². The number of nitrogens with one attached hydrogen (secondary N) is 1. The van der Waals surface area contributed by atoms with E-state index in [2.05, 4.69) is 25.2 Å². The molecule has 1 aromatic carbocycles. The normalized spacial score (nSPS) is 25.8. The fourth-order valence-electron chi connectivity index (χ4n) is 3.72. The maximum atomic E-state index is 13.7. The Kier molecular flexibility index (Phi) is 3.76. The van der Waals surface area contributed by atoms with Crippen molar-refractivity contribution in [1.82, 2.24) is 5.32 Å². The van der Waals surface area contributed by atoms with Gasteiger partial charge < -0.3 is 5.32 Å². The summed E-state index contributed by atoms with van der Waals surface area (Å²) in [6, 6.07) is 6.33. The van der Waals surface area contributed by atoms with Crippen molar-refractivity contribution in [3.05, 3.63) is 35.1 Å². The highest BCUT2D eigenvalue weighted by molar-refractivity contribution is 5.31. The van der Waals surface area contributed by atoms with Gasteiger partial charge in [-0.15, -0.1) is 0 Å². The van der Waals surface area contributed by atoms with Crippen molar-refractivity contribution >= 4 is 0 Å². The van der Waals surface area contributed by atoms with Gasteiger partial charge in [0, 0.05) is 6.04 Å². The van der Waals surface area contributed by atoms with E-state index in [1.54, 1.807) is 6.07 Å². The molecular weight excluding hydrogens is 225 g/mol. The molecule has 0 spiro atoms. The van der Waals surface area contributed by atoms with Gasteiger partial charge in [0.1, 0.15) is 5.82 Å². The Morgan fingerprint density at radius 2 is 2.00 bits per heavy atom. The quantitative estimate of drug-likeness (QED) is 0.850. The highest BCUT2D eigenvalue weighted by Crippen LogP contribution is 2.57. The molecule has 1 fully saturated rings. The third-order valence-electron chi connectivity index (χ3n) is 5.12. The zero-order chi connectivity index (χ0) is 13.3. The molecule has 2 heteroatoms. The van der Waals surface area contributed by atoms with Gasteiger partial charge in [0.25, 0.3) is 0 Å². The maximum absolute atomic E-state index is 13.7. The van der Waals surface area contributed by atoms with Gasteiger partial charge in [0.05, 0.1) is 0 Å². The van der Waals surface area contributed by atoms with E-state index in [0.29, 0.717) is 17.4 Å². The second kappa shape index (κ2) is 5.00. The van der Waals surface area contributed by atoms with Crippen LogP contribution in [0.2, 0.25) is 0 Å².